The van der Waals surface area contributed by atoms with Crippen LogP contribution in [0.15, 0.2) is 60.8 Å². The van der Waals surface area contributed by atoms with Gasteiger partial charge in [-0.15, -0.1) is 0 Å². The van der Waals surface area contributed by atoms with Crippen molar-refractivity contribution in [3.8, 4) is 11.6 Å². The number of hydrogen-bond acceptors (Lipinski definition) is 6. The van der Waals surface area contributed by atoms with Crippen LogP contribution in [0.2, 0.25) is 0 Å². The summed E-state index contributed by atoms with van der Waals surface area (Å²) in [5.74, 6) is -1.05. The normalized spacial score (nSPS) is 19.9. The minimum absolute atomic E-state index is 0.0168. The molecule has 1 saturated carbocycles. The van der Waals surface area contributed by atoms with E-state index in [0.717, 1.165) is 44.4 Å². The maximum absolute atomic E-state index is 14.0. The van der Waals surface area contributed by atoms with Crippen LogP contribution in [-0.2, 0) is 4.74 Å². The molecular formula is C32H32F2N2O5. The zero-order valence-corrected chi connectivity index (χ0v) is 22.9. The third kappa shape index (κ3) is 6.61. The van der Waals surface area contributed by atoms with E-state index < -0.39 is 17.6 Å². The van der Waals surface area contributed by atoms with Crippen molar-refractivity contribution in [1.82, 2.24) is 9.88 Å². The van der Waals surface area contributed by atoms with Gasteiger partial charge in [-0.2, -0.15) is 0 Å². The number of aromatic nitrogens is 1. The minimum Gasteiger partial charge on any atom is -0.465 e. The first kappa shape index (κ1) is 28.4. The number of ketones is 1. The summed E-state index contributed by atoms with van der Waals surface area (Å²) in [6, 6.07) is 13.2. The van der Waals surface area contributed by atoms with Crippen molar-refractivity contribution in [1.29, 1.82) is 0 Å². The first-order valence-corrected chi connectivity index (χ1v) is 13.9. The van der Waals surface area contributed by atoms with Gasteiger partial charge < -0.3 is 14.4 Å². The predicted octanol–water partition coefficient (Wildman–Crippen LogP) is 6.62. The fraction of sp³-hybridized carbons (Fsp3) is 0.375. The van der Waals surface area contributed by atoms with E-state index in [0.29, 0.717) is 36.1 Å². The molecule has 0 N–H and O–H groups in total. The van der Waals surface area contributed by atoms with Crippen molar-refractivity contribution in [2.24, 2.45) is 11.8 Å². The summed E-state index contributed by atoms with van der Waals surface area (Å²) in [5, 5.41) is 0. The molecule has 3 aromatic rings. The van der Waals surface area contributed by atoms with Crippen molar-refractivity contribution in [3.63, 3.8) is 0 Å². The number of methoxy groups -OCH3 is 1. The van der Waals surface area contributed by atoms with Crippen molar-refractivity contribution in [2.75, 3.05) is 13.7 Å². The number of halogens is 2. The Morgan fingerprint density at radius 1 is 0.951 bits per heavy atom. The molecule has 3 atom stereocenters. The van der Waals surface area contributed by atoms with E-state index in [2.05, 4.69) is 4.98 Å². The van der Waals surface area contributed by atoms with Gasteiger partial charge in [0, 0.05) is 19.0 Å². The summed E-state index contributed by atoms with van der Waals surface area (Å²) in [5.41, 5.74) is 0.678. The lowest BCUT2D eigenvalue weighted by molar-refractivity contribution is 0.0539. The van der Waals surface area contributed by atoms with Crippen LogP contribution in [0.5, 0.6) is 11.6 Å². The second-order valence-corrected chi connectivity index (χ2v) is 10.8. The summed E-state index contributed by atoms with van der Waals surface area (Å²) in [4.78, 5) is 44.8. The van der Waals surface area contributed by atoms with Gasteiger partial charge >= 0.3 is 5.97 Å². The third-order valence-corrected chi connectivity index (χ3v) is 8.06. The lowest BCUT2D eigenvalue weighted by Gasteiger charge is -2.37. The number of carbonyl (C=O) groups is 3. The molecule has 7 nitrogen and oxygen atoms in total. The lowest BCUT2D eigenvalue weighted by atomic mass is 9.89. The number of carbonyl (C=O) groups excluding carboxylic acids is 3. The number of amides is 1. The van der Waals surface area contributed by atoms with Gasteiger partial charge in [0.1, 0.15) is 17.4 Å². The Bertz CT molecular complexity index is 1430. The largest absolute Gasteiger partial charge is 0.465 e. The van der Waals surface area contributed by atoms with Gasteiger partial charge in [-0.1, -0.05) is 12.1 Å². The number of esters is 1. The topological polar surface area (TPSA) is 85.8 Å². The van der Waals surface area contributed by atoms with E-state index in [-0.39, 0.29) is 41.2 Å². The van der Waals surface area contributed by atoms with Gasteiger partial charge in [0.15, 0.2) is 5.78 Å². The molecule has 1 unspecified atom stereocenters. The van der Waals surface area contributed by atoms with Gasteiger partial charge in [0.05, 0.1) is 30.0 Å². The first-order valence-electron chi connectivity index (χ1n) is 13.9. The van der Waals surface area contributed by atoms with Crippen LogP contribution in [0, 0.1) is 23.5 Å². The molecule has 3 heterocycles. The Kier molecular flexibility index (Phi) is 8.71. The Balaban J connectivity index is 1.21. The summed E-state index contributed by atoms with van der Waals surface area (Å²) in [6.45, 7) is 0.646. The van der Waals surface area contributed by atoms with Gasteiger partial charge in [-0.3, -0.25) is 9.59 Å². The number of benzene rings is 2. The third-order valence-electron chi connectivity index (χ3n) is 8.06. The zero-order valence-electron chi connectivity index (χ0n) is 22.9. The van der Waals surface area contributed by atoms with Crippen molar-refractivity contribution < 1.29 is 32.6 Å². The highest BCUT2D eigenvalue weighted by Crippen LogP contribution is 2.39. The van der Waals surface area contributed by atoms with Gasteiger partial charge in [-0.05, 0) is 92.8 Å². The van der Waals surface area contributed by atoms with E-state index in [4.69, 9.17) is 9.47 Å². The summed E-state index contributed by atoms with van der Waals surface area (Å²) >= 11 is 0. The van der Waals surface area contributed by atoms with E-state index in [1.807, 2.05) is 4.90 Å². The average Bonchev–Trinajstić information content (AvgIpc) is 3.29. The molecule has 2 saturated heterocycles. The highest BCUT2D eigenvalue weighted by Gasteiger charge is 2.39. The molecule has 2 bridgehead atoms. The number of piperidine rings is 1. The monoisotopic (exact) mass is 562 g/mol. The Labute approximate surface area is 237 Å². The van der Waals surface area contributed by atoms with Crippen LogP contribution in [-0.4, -0.2) is 47.2 Å². The Hall–Kier alpha value is -4.14. The van der Waals surface area contributed by atoms with E-state index in [9.17, 15) is 23.2 Å². The van der Waals surface area contributed by atoms with Gasteiger partial charge in [0.2, 0.25) is 5.88 Å². The second kappa shape index (κ2) is 12.6. The number of Topliss-reactive ketones (excluding diaryl/α,β-unsaturated/α-hetero) is 1. The SMILES string of the molecule is COC(=O)c1ccccc1C(=O)N1C[C@@H]2CC[C@@H]1CC(CCCC(=O)c1cc(F)cnc1Oc1ccc(F)cc1)C2. The molecule has 2 aliphatic heterocycles. The quantitative estimate of drug-likeness (QED) is 0.215. The zero-order chi connectivity index (χ0) is 28.9. The summed E-state index contributed by atoms with van der Waals surface area (Å²) in [6.07, 6.45) is 6.34. The van der Waals surface area contributed by atoms with Crippen molar-refractivity contribution >= 4 is 17.7 Å². The maximum Gasteiger partial charge on any atom is 0.338 e. The van der Waals surface area contributed by atoms with Gasteiger partial charge in [-0.25, -0.2) is 18.6 Å². The number of hydrogen-bond donors (Lipinski definition) is 0. The number of ether oxygens (including phenoxy) is 2. The highest BCUT2D eigenvalue weighted by molar-refractivity contribution is 6.05. The Morgan fingerprint density at radius 2 is 1.71 bits per heavy atom. The van der Waals surface area contributed by atoms with Crippen LogP contribution < -0.4 is 4.74 Å². The molecule has 41 heavy (non-hydrogen) atoms. The molecule has 3 aliphatic rings. The van der Waals surface area contributed by atoms with Crippen LogP contribution in [0.25, 0.3) is 0 Å². The van der Waals surface area contributed by atoms with E-state index >= 15 is 0 Å². The maximum atomic E-state index is 14.0. The molecular weight excluding hydrogens is 530 g/mol. The molecule has 1 amide bonds. The smallest absolute Gasteiger partial charge is 0.338 e. The fourth-order valence-corrected chi connectivity index (χ4v) is 6.10. The molecule has 6 rings (SSSR count). The van der Waals surface area contributed by atoms with Crippen LogP contribution in [0.1, 0.15) is 76.0 Å². The first-order chi connectivity index (χ1) is 19.8. The standard InChI is InChI=1S/C32H32F2N2O5/c1-40-32(39)27-7-3-2-6-26(27)31(38)36-19-21-9-12-24(36)16-20(15-21)5-4-8-29(37)28-17-23(34)18-35-30(28)41-25-13-10-22(33)11-14-25/h2-3,6-7,10-11,13-14,17-18,20-21,24H,4-5,8-9,12,15-16,19H2,1H3/t20?,21-,24-/m1/s1. The number of nitrogens with zero attached hydrogens (tertiary/aromatic N) is 2. The summed E-state index contributed by atoms with van der Waals surface area (Å²) < 4.78 is 37.8. The molecule has 3 fully saturated rings. The molecule has 1 aliphatic carbocycles. The van der Waals surface area contributed by atoms with Crippen LogP contribution >= 0.6 is 0 Å². The van der Waals surface area contributed by atoms with Crippen LogP contribution in [0.3, 0.4) is 0 Å². The molecule has 1 aromatic heterocycles. The molecule has 2 aromatic carbocycles. The van der Waals surface area contributed by atoms with Gasteiger partial charge in [0.25, 0.3) is 5.91 Å². The molecule has 0 spiro atoms. The molecule has 9 heteroatoms. The number of fused-ring (bicyclic) bond motifs is 4. The minimum atomic E-state index is -0.640. The molecule has 214 valence electrons. The van der Waals surface area contributed by atoms with Crippen molar-refractivity contribution in [3.05, 3.63) is 89.1 Å². The molecule has 0 radical (unpaired) electrons. The Morgan fingerprint density at radius 3 is 2.46 bits per heavy atom. The number of rotatable bonds is 9. The van der Waals surface area contributed by atoms with Crippen LogP contribution in [0.4, 0.5) is 8.78 Å². The number of pyridine rings is 1. The highest BCUT2D eigenvalue weighted by atomic mass is 19.1. The van der Waals surface area contributed by atoms with E-state index in [1.165, 1.54) is 31.4 Å². The van der Waals surface area contributed by atoms with Crippen molar-refractivity contribution in [2.45, 2.75) is 51.0 Å². The average molecular weight is 563 g/mol. The predicted molar refractivity (Wildman–Crippen MR) is 147 cm³/mol. The second-order valence-electron chi connectivity index (χ2n) is 10.8. The van der Waals surface area contributed by atoms with E-state index in [1.54, 1.807) is 24.3 Å². The lowest BCUT2D eigenvalue weighted by Crippen LogP contribution is -2.45. The fourth-order valence-electron chi connectivity index (χ4n) is 6.10. The summed E-state index contributed by atoms with van der Waals surface area (Å²) in [7, 11) is 1.30.